The first-order chi connectivity index (χ1) is 21.3. The topological polar surface area (TPSA) is 122 Å². The van der Waals surface area contributed by atoms with Crippen LogP contribution in [-0.2, 0) is 6.61 Å². The van der Waals surface area contributed by atoms with E-state index in [1.807, 2.05) is 12.1 Å². The third-order valence-electron chi connectivity index (χ3n) is 6.63. The Bertz CT molecular complexity index is 2120. The van der Waals surface area contributed by atoms with Crippen molar-refractivity contribution >= 4 is 61.3 Å². The summed E-state index contributed by atoms with van der Waals surface area (Å²) in [5.41, 5.74) is 1.39. The Balaban J connectivity index is 1.44. The van der Waals surface area contributed by atoms with E-state index in [-0.39, 0.29) is 36.2 Å². The van der Waals surface area contributed by atoms with Gasteiger partial charge in [0, 0.05) is 26.5 Å². The zero-order chi connectivity index (χ0) is 30.8. The van der Waals surface area contributed by atoms with Gasteiger partial charge in [0.05, 0.1) is 28.6 Å². The molecule has 0 radical (unpaired) electrons. The summed E-state index contributed by atoms with van der Waals surface area (Å²) in [5, 5.41) is 18.3. The zero-order valence-electron chi connectivity index (χ0n) is 23.1. The summed E-state index contributed by atoms with van der Waals surface area (Å²) in [6, 6.07) is 24.0. The van der Waals surface area contributed by atoms with Gasteiger partial charge in [0.2, 0.25) is 11.6 Å². The lowest BCUT2D eigenvalue weighted by molar-refractivity contribution is -0.386. The van der Waals surface area contributed by atoms with Crippen molar-refractivity contribution in [2.24, 2.45) is 5.10 Å². The molecule has 2 aromatic heterocycles. The van der Waals surface area contributed by atoms with Gasteiger partial charge in [-0.15, -0.1) is 0 Å². The lowest BCUT2D eigenvalue weighted by Crippen LogP contribution is -2.20. The highest BCUT2D eigenvalue weighted by Crippen LogP contribution is 2.39. The van der Waals surface area contributed by atoms with Crippen LogP contribution in [0.15, 0.2) is 104 Å². The number of halogens is 2. The van der Waals surface area contributed by atoms with E-state index in [9.17, 15) is 14.9 Å². The highest BCUT2D eigenvalue weighted by atomic mass is 79.9. The Morgan fingerprint density at radius 2 is 1.86 bits per heavy atom. The molecule has 0 fully saturated rings. The molecule has 6 aromatic rings. The molecule has 2 heterocycles. The van der Waals surface area contributed by atoms with Gasteiger partial charge < -0.3 is 13.9 Å². The molecule has 44 heavy (non-hydrogen) atoms. The molecule has 0 bridgehead atoms. The van der Waals surface area contributed by atoms with Gasteiger partial charge in [-0.25, -0.2) is 4.98 Å². The molecule has 0 aliphatic heterocycles. The minimum atomic E-state index is -0.557. The van der Waals surface area contributed by atoms with Crippen LogP contribution < -0.4 is 15.0 Å². The van der Waals surface area contributed by atoms with E-state index in [0.29, 0.717) is 32.8 Å². The number of ether oxygens (including phenoxy) is 2. The summed E-state index contributed by atoms with van der Waals surface area (Å²) in [7, 11) is 0. The van der Waals surface area contributed by atoms with Crippen LogP contribution >= 0.6 is 27.5 Å². The van der Waals surface area contributed by atoms with Crippen LogP contribution in [0, 0.1) is 10.1 Å². The second kappa shape index (κ2) is 12.3. The highest BCUT2D eigenvalue weighted by Gasteiger charge is 2.23. The standard InChI is InChI=1S/C32H22BrClN4O6/c1-2-42-28-14-20(13-26(38(40)41)30(28)43-18-19-7-10-23(34)11-8-19)17-35-37-31(36-25-6-4-3-5-24(25)32(37)39)29-16-21-15-22(33)9-12-27(21)44-29/h3-17H,2,18H2,1H3. The molecule has 0 atom stereocenters. The predicted octanol–water partition coefficient (Wildman–Crippen LogP) is 7.99. The molecule has 220 valence electrons. The molecule has 0 unspecified atom stereocenters. The number of hydrogen-bond donors (Lipinski definition) is 0. The molecule has 0 aliphatic carbocycles. The van der Waals surface area contributed by atoms with Crippen LogP contribution in [0.3, 0.4) is 0 Å². The maximum atomic E-state index is 13.7. The molecule has 0 aliphatic rings. The highest BCUT2D eigenvalue weighted by molar-refractivity contribution is 9.10. The average molecular weight is 674 g/mol. The first kappa shape index (κ1) is 29.1. The van der Waals surface area contributed by atoms with E-state index in [1.165, 1.54) is 12.3 Å². The van der Waals surface area contributed by atoms with Gasteiger partial charge in [-0.2, -0.15) is 9.78 Å². The number of nitro groups is 1. The average Bonchev–Trinajstić information content (AvgIpc) is 3.44. The Morgan fingerprint density at radius 1 is 1.07 bits per heavy atom. The lowest BCUT2D eigenvalue weighted by atomic mass is 10.1. The van der Waals surface area contributed by atoms with Crippen LogP contribution in [0.5, 0.6) is 11.5 Å². The van der Waals surface area contributed by atoms with E-state index < -0.39 is 10.5 Å². The Morgan fingerprint density at radius 3 is 2.64 bits per heavy atom. The Hall–Kier alpha value is -5.00. The van der Waals surface area contributed by atoms with Crippen molar-refractivity contribution in [2.75, 3.05) is 6.61 Å². The van der Waals surface area contributed by atoms with Crippen LogP contribution in [0.25, 0.3) is 33.5 Å². The van der Waals surface area contributed by atoms with E-state index in [0.717, 1.165) is 20.1 Å². The van der Waals surface area contributed by atoms with E-state index in [2.05, 4.69) is 26.0 Å². The van der Waals surface area contributed by atoms with Crippen molar-refractivity contribution in [1.82, 2.24) is 9.66 Å². The largest absolute Gasteiger partial charge is 0.490 e. The fourth-order valence-electron chi connectivity index (χ4n) is 4.60. The van der Waals surface area contributed by atoms with Crippen molar-refractivity contribution in [3.63, 3.8) is 0 Å². The second-order valence-corrected chi connectivity index (χ2v) is 10.9. The number of rotatable bonds is 9. The summed E-state index contributed by atoms with van der Waals surface area (Å²) in [4.78, 5) is 29.9. The lowest BCUT2D eigenvalue weighted by Gasteiger charge is -2.13. The molecule has 6 rings (SSSR count). The Labute approximate surface area is 263 Å². The summed E-state index contributed by atoms with van der Waals surface area (Å²) in [5.74, 6) is 0.622. The van der Waals surface area contributed by atoms with E-state index in [1.54, 1.807) is 73.7 Å². The quantitative estimate of drug-likeness (QED) is 0.0866. The number of para-hydroxylation sites is 1. The first-order valence-electron chi connectivity index (χ1n) is 13.4. The number of hydrogen-bond acceptors (Lipinski definition) is 8. The number of fused-ring (bicyclic) bond motifs is 2. The fraction of sp³-hybridized carbons (Fsp3) is 0.0938. The molecule has 0 N–H and O–H groups in total. The maximum absolute atomic E-state index is 13.7. The molecular weight excluding hydrogens is 652 g/mol. The van der Waals surface area contributed by atoms with Gasteiger partial charge in [-0.1, -0.05) is 51.8 Å². The summed E-state index contributed by atoms with van der Waals surface area (Å²) in [6.07, 6.45) is 1.33. The van der Waals surface area contributed by atoms with Gasteiger partial charge in [0.15, 0.2) is 11.5 Å². The molecule has 4 aromatic carbocycles. The molecule has 10 nitrogen and oxygen atoms in total. The Kier molecular flexibility index (Phi) is 8.14. The van der Waals surface area contributed by atoms with Crippen molar-refractivity contribution in [2.45, 2.75) is 13.5 Å². The molecule has 0 spiro atoms. The van der Waals surface area contributed by atoms with Gasteiger partial charge >= 0.3 is 5.69 Å². The number of nitro benzene ring substituents is 1. The molecular formula is C32H22BrClN4O6. The molecule has 12 heteroatoms. The smallest absolute Gasteiger partial charge is 0.315 e. The summed E-state index contributed by atoms with van der Waals surface area (Å²) in [6.45, 7) is 2.05. The maximum Gasteiger partial charge on any atom is 0.315 e. The van der Waals surface area contributed by atoms with Gasteiger partial charge in [0.1, 0.15) is 12.2 Å². The third kappa shape index (κ3) is 5.92. The van der Waals surface area contributed by atoms with Crippen molar-refractivity contribution in [3.8, 4) is 23.1 Å². The van der Waals surface area contributed by atoms with Gasteiger partial charge in [-0.05, 0) is 67.1 Å². The summed E-state index contributed by atoms with van der Waals surface area (Å²) < 4.78 is 19.6. The zero-order valence-corrected chi connectivity index (χ0v) is 25.4. The first-order valence-corrected chi connectivity index (χ1v) is 14.6. The molecule has 0 saturated carbocycles. The number of benzene rings is 4. The monoisotopic (exact) mass is 672 g/mol. The van der Waals surface area contributed by atoms with Crippen LogP contribution in [-0.4, -0.2) is 27.4 Å². The van der Waals surface area contributed by atoms with Gasteiger partial charge in [0.25, 0.3) is 5.56 Å². The van der Waals surface area contributed by atoms with Gasteiger partial charge in [-0.3, -0.25) is 14.9 Å². The SMILES string of the molecule is CCOc1cc(C=Nn2c(-c3cc4cc(Br)ccc4o3)nc3ccccc3c2=O)cc([N+](=O)[O-])c1OCc1ccc(Cl)cc1. The number of aromatic nitrogens is 2. The van der Waals surface area contributed by atoms with Crippen LogP contribution in [0.4, 0.5) is 5.69 Å². The fourth-order valence-corrected chi connectivity index (χ4v) is 5.11. The third-order valence-corrected chi connectivity index (χ3v) is 7.37. The molecule has 0 amide bonds. The van der Waals surface area contributed by atoms with Crippen molar-refractivity contribution in [3.05, 3.63) is 126 Å². The molecule has 0 saturated heterocycles. The van der Waals surface area contributed by atoms with Crippen molar-refractivity contribution in [1.29, 1.82) is 0 Å². The second-order valence-electron chi connectivity index (χ2n) is 9.58. The number of nitrogens with zero attached hydrogens (tertiary/aromatic N) is 4. The van der Waals surface area contributed by atoms with E-state index in [4.69, 9.17) is 25.5 Å². The van der Waals surface area contributed by atoms with Crippen LogP contribution in [0.2, 0.25) is 5.02 Å². The van der Waals surface area contributed by atoms with Crippen LogP contribution in [0.1, 0.15) is 18.1 Å². The van der Waals surface area contributed by atoms with Crippen molar-refractivity contribution < 1.29 is 18.8 Å². The summed E-state index contributed by atoms with van der Waals surface area (Å²) >= 11 is 9.43. The number of furan rings is 1. The van der Waals surface area contributed by atoms with E-state index >= 15 is 0 Å². The normalized spacial score (nSPS) is 11.4. The predicted molar refractivity (Wildman–Crippen MR) is 172 cm³/mol. The minimum absolute atomic E-state index is 0.0254. The minimum Gasteiger partial charge on any atom is -0.490 e.